The number of likely N-dealkylation sites (tertiary alicyclic amines) is 1. The Kier molecular flexibility index (Phi) is 4.55. The highest BCUT2D eigenvalue weighted by Crippen LogP contribution is 2.38. The summed E-state index contributed by atoms with van der Waals surface area (Å²) in [6.45, 7) is 5.69. The topological polar surface area (TPSA) is 28.5 Å². The van der Waals surface area contributed by atoms with Crippen LogP contribution in [0.3, 0.4) is 0 Å². The lowest BCUT2D eigenvalue weighted by Crippen LogP contribution is -2.38. The molecule has 0 spiro atoms. The molecule has 0 bridgehead atoms. The molecule has 2 aromatic rings. The van der Waals surface area contributed by atoms with Crippen LogP contribution < -0.4 is 0 Å². The summed E-state index contributed by atoms with van der Waals surface area (Å²) in [5, 5.41) is 1.34. The minimum Gasteiger partial charge on any atom is -0.341 e. The van der Waals surface area contributed by atoms with Crippen molar-refractivity contribution < 1.29 is 4.79 Å². The molecule has 1 fully saturated rings. The van der Waals surface area contributed by atoms with E-state index in [0.717, 1.165) is 45.3 Å². The molecule has 0 saturated carbocycles. The van der Waals surface area contributed by atoms with Gasteiger partial charge in [-0.15, -0.1) is 0 Å². The first-order chi connectivity index (χ1) is 12.2. The fourth-order valence-corrected chi connectivity index (χ4v) is 4.76. The van der Waals surface area contributed by atoms with Crippen LogP contribution in [0.5, 0.6) is 0 Å². The van der Waals surface area contributed by atoms with Crippen LogP contribution in [0.2, 0.25) is 0 Å². The van der Waals surface area contributed by atoms with Crippen molar-refractivity contribution in [3.8, 4) is 0 Å². The summed E-state index contributed by atoms with van der Waals surface area (Å²) < 4.78 is 2.32. The van der Waals surface area contributed by atoms with Crippen molar-refractivity contribution in [3.05, 3.63) is 35.5 Å². The number of amides is 1. The van der Waals surface area contributed by atoms with E-state index in [1.807, 2.05) is 0 Å². The van der Waals surface area contributed by atoms with Crippen molar-refractivity contribution in [3.63, 3.8) is 0 Å². The molecule has 134 valence electrons. The third kappa shape index (κ3) is 2.86. The number of piperidine rings is 1. The Morgan fingerprint density at radius 1 is 1.12 bits per heavy atom. The van der Waals surface area contributed by atoms with E-state index in [2.05, 4.69) is 52.6 Å². The zero-order valence-corrected chi connectivity index (χ0v) is 15.5. The number of para-hydroxylation sites is 1. The lowest BCUT2D eigenvalue weighted by molar-refractivity contribution is -0.132. The van der Waals surface area contributed by atoms with E-state index in [1.54, 1.807) is 0 Å². The van der Waals surface area contributed by atoms with Gasteiger partial charge in [0.2, 0.25) is 5.91 Å². The Labute approximate surface area is 150 Å². The molecular weight excluding hydrogens is 310 g/mol. The van der Waals surface area contributed by atoms with Crippen LogP contribution in [-0.4, -0.2) is 47.0 Å². The van der Waals surface area contributed by atoms with Gasteiger partial charge in [0, 0.05) is 48.7 Å². The lowest BCUT2D eigenvalue weighted by Gasteiger charge is -2.33. The van der Waals surface area contributed by atoms with Gasteiger partial charge < -0.3 is 9.47 Å². The van der Waals surface area contributed by atoms with Crippen LogP contribution >= 0.6 is 0 Å². The maximum absolute atomic E-state index is 12.9. The van der Waals surface area contributed by atoms with Gasteiger partial charge in [-0.1, -0.05) is 25.1 Å². The minimum absolute atomic E-state index is 0.287. The number of hydrogen-bond donors (Lipinski definition) is 0. The highest BCUT2D eigenvalue weighted by atomic mass is 16.2. The Morgan fingerprint density at radius 2 is 1.88 bits per heavy atom. The molecule has 3 heterocycles. The van der Waals surface area contributed by atoms with Crippen molar-refractivity contribution in [2.75, 3.05) is 26.7 Å². The largest absolute Gasteiger partial charge is 0.341 e. The van der Waals surface area contributed by atoms with Crippen LogP contribution in [0.1, 0.15) is 49.9 Å². The number of nitrogens with zero attached hydrogens (tertiary/aromatic N) is 3. The summed E-state index contributed by atoms with van der Waals surface area (Å²) in [6.07, 6.45) is 5.70. The second-order valence-corrected chi connectivity index (χ2v) is 7.56. The van der Waals surface area contributed by atoms with Crippen molar-refractivity contribution in [1.82, 2.24) is 14.4 Å². The van der Waals surface area contributed by atoms with Gasteiger partial charge >= 0.3 is 0 Å². The molecule has 0 radical (unpaired) electrons. The van der Waals surface area contributed by atoms with E-state index >= 15 is 0 Å². The third-order valence-electron chi connectivity index (χ3n) is 6.08. The van der Waals surface area contributed by atoms with E-state index in [-0.39, 0.29) is 5.91 Å². The van der Waals surface area contributed by atoms with Gasteiger partial charge in [0.15, 0.2) is 0 Å². The smallest absolute Gasteiger partial charge is 0.242 e. The average Bonchev–Trinajstić information content (AvgIpc) is 2.96. The lowest BCUT2D eigenvalue weighted by atomic mass is 9.94. The van der Waals surface area contributed by atoms with Crippen LogP contribution in [0.15, 0.2) is 24.3 Å². The molecule has 2 aliphatic heterocycles. The van der Waals surface area contributed by atoms with Gasteiger partial charge in [0.1, 0.15) is 6.54 Å². The molecule has 4 nitrogen and oxygen atoms in total. The van der Waals surface area contributed by atoms with E-state index in [1.165, 1.54) is 28.6 Å². The van der Waals surface area contributed by atoms with E-state index in [9.17, 15) is 4.79 Å². The van der Waals surface area contributed by atoms with Gasteiger partial charge in [-0.2, -0.15) is 0 Å². The minimum atomic E-state index is 0.287. The fraction of sp³-hybridized carbons (Fsp3) is 0.571. The first-order valence-corrected chi connectivity index (χ1v) is 9.78. The predicted octanol–water partition coefficient (Wildman–Crippen LogP) is 3.59. The Balaban J connectivity index is 1.75. The van der Waals surface area contributed by atoms with Crippen LogP contribution in [-0.2, 0) is 17.8 Å². The van der Waals surface area contributed by atoms with E-state index in [0.29, 0.717) is 12.6 Å². The molecule has 1 aromatic heterocycles. The number of aromatic nitrogens is 1. The number of likely N-dealkylation sites (N-methyl/N-ethyl adjacent to an activating group) is 1. The Hall–Kier alpha value is -1.81. The zero-order valence-electron chi connectivity index (χ0n) is 15.5. The number of carbonyl (C=O) groups is 1. The molecule has 2 aliphatic rings. The van der Waals surface area contributed by atoms with Crippen molar-refractivity contribution in [1.29, 1.82) is 0 Å². The Bertz CT molecular complexity index is 773. The van der Waals surface area contributed by atoms with Crippen LogP contribution in [0.25, 0.3) is 10.9 Å². The van der Waals surface area contributed by atoms with Crippen molar-refractivity contribution in [2.45, 2.75) is 51.6 Å². The second-order valence-electron chi connectivity index (χ2n) is 7.56. The maximum atomic E-state index is 12.9. The van der Waals surface area contributed by atoms with Crippen molar-refractivity contribution >= 4 is 16.8 Å². The zero-order chi connectivity index (χ0) is 17.4. The summed E-state index contributed by atoms with van der Waals surface area (Å²) in [4.78, 5) is 17.4. The van der Waals surface area contributed by atoms with Gasteiger partial charge in [0.05, 0.1) is 0 Å². The van der Waals surface area contributed by atoms with E-state index < -0.39 is 0 Å². The van der Waals surface area contributed by atoms with E-state index in [4.69, 9.17) is 0 Å². The molecule has 1 amide bonds. The standard InChI is InChI=1S/C21H29N3O/c1-3-17-21-16-9-5-6-10-18(16)24(19(21)11-14-22(17)2)15-20(25)23-12-7-4-8-13-23/h5-6,9-10,17H,3-4,7-8,11-15H2,1-2H3/t17-/m0/s1. The first-order valence-electron chi connectivity index (χ1n) is 9.78. The molecule has 4 heteroatoms. The molecule has 4 rings (SSSR count). The first kappa shape index (κ1) is 16.6. The fourth-order valence-electron chi connectivity index (χ4n) is 4.76. The molecule has 0 aliphatic carbocycles. The summed E-state index contributed by atoms with van der Waals surface area (Å²) >= 11 is 0. The summed E-state index contributed by atoms with van der Waals surface area (Å²) in [6, 6.07) is 9.10. The number of benzene rings is 1. The predicted molar refractivity (Wildman–Crippen MR) is 102 cm³/mol. The molecule has 25 heavy (non-hydrogen) atoms. The second kappa shape index (κ2) is 6.83. The molecule has 1 atom stereocenters. The number of rotatable bonds is 3. The number of fused-ring (bicyclic) bond motifs is 3. The van der Waals surface area contributed by atoms with Crippen molar-refractivity contribution in [2.24, 2.45) is 0 Å². The maximum Gasteiger partial charge on any atom is 0.242 e. The molecule has 1 saturated heterocycles. The third-order valence-corrected chi connectivity index (χ3v) is 6.08. The molecule has 0 N–H and O–H groups in total. The summed E-state index contributed by atoms with van der Waals surface area (Å²) in [7, 11) is 2.22. The van der Waals surface area contributed by atoms with Crippen LogP contribution in [0.4, 0.5) is 0 Å². The number of carbonyl (C=O) groups excluding carboxylic acids is 1. The Morgan fingerprint density at radius 3 is 2.64 bits per heavy atom. The van der Waals surface area contributed by atoms with Crippen LogP contribution in [0, 0.1) is 0 Å². The quantitative estimate of drug-likeness (QED) is 0.855. The highest BCUT2D eigenvalue weighted by molar-refractivity contribution is 5.88. The van der Waals surface area contributed by atoms with Gasteiger partial charge in [0.25, 0.3) is 0 Å². The van der Waals surface area contributed by atoms with Gasteiger partial charge in [-0.05, 0) is 44.4 Å². The SMILES string of the molecule is CC[C@H]1c2c(n(CC(=O)N3CCCCC3)c3ccccc23)CCN1C. The normalized spacial score (nSPS) is 21.5. The molecular formula is C21H29N3O. The number of hydrogen-bond acceptors (Lipinski definition) is 2. The van der Waals surface area contributed by atoms with Gasteiger partial charge in [-0.25, -0.2) is 0 Å². The average molecular weight is 339 g/mol. The monoisotopic (exact) mass is 339 g/mol. The molecule has 1 aromatic carbocycles. The highest BCUT2D eigenvalue weighted by Gasteiger charge is 2.30. The van der Waals surface area contributed by atoms with Gasteiger partial charge in [-0.3, -0.25) is 9.69 Å². The molecule has 0 unspecified atom stereocenters. The summed E-state index contributed by atoms with van der Waals surface area (Å²) in [5.41, 5.74) is 4.07. The summed E-state index contributed by atoms with van der Waals surface area (Å²) in [5.74, 6) is 0.287.